The average molecular weight is 897 g/mol. The van der Waals surface area contributed by atoms with E-state index < -0.39 is 8.07 Å². The fourth-order valence-corrected chi connectivity index (χ4v) is 15.2. The topological polar surface area (TPSA) is 8.17 Å². The van der Waals surface area contributed by atoms with Gasteiger partial charge < -0.3 is 9.47 Å². The molecule has 0 unspecified atom stereocenters. The Kier molecular flexibility index (Phi) is 11.0. The zero-order chi connectivity index (χ0) is 46.0. The summed E-state index contributed by atoms with van der Waals surface area (Å²) in [5.74, 6) is 0. The largest absolute Gasteiger partial charge is 0.311 e. The maximum atomic E-state index is 2.39. The van der Waals surface area contributed by atoms with Crippen molar-refractivity contribution in [3.8, 4) is 39.1 Å². The molecule has 0 aliphatic rings. The molecule has 0 aliphatic carbocycles. The molecule has 0 saturated carbocycles. The first-order chi connectivity index (χ1) is 34.2. The Hall–Kier alpha value is -8.76. The number of hydrogen-bond acceptors (Lipinski definition) is 1. The van der Waals surface area contributed by atoms with Crippen molar-refractivity contribution in [2.75, 3.05) is 4.90 Å². The van der Waals surface area contributed by atoms with Crippen LogP contribution in [0.25, 0.3) is 60.9 Å². The monoisotopic (exact) mass is 896 g/mol. The lowest BCUT2D eigenvalue weighted by Gasteiger charge is -2.35. The summed E-state index contributed by atoms with van der Waals surface area (Å²) in [6.45, 7) is 0. The van der Waals surface area contributed by atoms with Crippen LogP contribution in [0.15, 0.2) is 291 Å². The van der Waals surface area contributed by atoms with Crippen LogP contribution in [-0.2, 0) is 0 Å². The van der Waals surface area contributed by atoms with Gasteiger partial charge in [-0.05, 0) is 121 Å². The molecule has 69 heavy (non-hydrogen) atoms. The summed E-state index contributed by atoms with van der Waals surface area (Å²) in [5, 5.41) is 7.95. The third kappa shape index (κ3) is 7.65. The quantitative estimate of drug-likeness (QED) is 0.0928. The summed E-state index contributed by atoms with van der Waals surface area (Å²) in [6.07, 6.45) is 0. The van der Waals surface area contributed by atoms with Crippen LogP contribution in [0.3, 0.4) is 0 Å². The SMILES string of the molecule is c1ccc(-c2cccc(-c3ccc(N(c4ccc(-c5ccc(-n6c7ccccc7c7ccccc76)cc5)cc4)c4ccc([Si](c5ccccc5)(c5ccccc5)c5ccccc5)cc4)cc3)c2)cc1. The zero-order valence-electron chi connectivity index (χ0n) is 38.1. The van der Waals surface area contributed by atoms with Crippen molar-refractivity contribution >= 4 is 67.7 Å². The van der Waals surface area contributed by atoms with Gasteiger partial charge in [-0.3, -0.25) is 0 Å². The molecule has 1 aromatic heterocycles. The first kappa shape index (κ1) is 41.7. The molecule has 0 N–H and O–H groups in total. The molecular weight excluding hydrogens is 849 g/mol. The van der Waals surface area contributed by atoms with Crippen LogP contribution in [0.4, 0.5) is 17.1 Å². The molecule has 0 aliphatic heterocycles. The highest BCUT2D eigenvalue weighted by atomic mass is 28.3. The van der Waals surface area contributed by atoms with Crippen LogP contribution in [0.1, 0.15) is 0 Å². The van der Waals surface area contributed by atoms with E-state index in [-0.39, 0.29) is 0 Å². The predicted molar refractivity (Wildman–Crippen MR) is 295 cm³/mol. The smallest absolute Gasteiger partial charge is 0.179 e. The maximum Gasteiger partial charge on any atom is 0.179 e. The number of fused-ring (bicyclic) bond motifs is 3. The Bertz CT molecular complexity index is 3510. The van der Waals surface area contributed by atoms with Crippen molar-refractivity contribution in [1.29, 1.82) is 0 Å². The summed E-state index contributed by atoms with van der Waals surface area (Å²) in [7, 11) is -2.70. The number of para-hydroxylation sites is 2. The van der Waals surface area contributed by atoms with E-state index in [4.69, 9.17) is 0 Å². The van der Waals surface area contributed by atoms with Gasteiger partial charge >= 0.3 is 0 Å². The highest BCUT2D eigenvalue weighted by Gasteiger charge is 2.41. The zero-order valence-corrected chi connectivity index (χ0v) is 39.1. The minimum Gasteiger partial charge on any atom is -0.311 e. The van der Waals surface area contributed by atoms with E-state index in [0.29, 0.717) is 0 Å². The lowest BCUT2D eigenvalue weighted by Crippen LogP contribution is -2.74. The molecule has 0 atom stereocenters. The van der Waals surface area contributed by atoms with E-state index in [1.165, 1.54) is 75.9 Å². The summed E-state index contributed by atoms with van der Waals surface area (Å²) >= 11 is 0. The number of nitrogens with zero attached hydrogens (tertiary/aromatic N) is 2. The minimum absolute atomic E-state index is 1.09. The van der Waals surface area contributed by atoms with Crippen molar-refractivity contribution in [2.45, 2.75) is 0 Å². The van der Waals surface area contributed by atoms with E-state index in [1.54, 1.807) is 0 Å². The van der Waals surface area contributed by atoms with Gasteiger partial charge in [-0.15, -0.1) is 0 Å². The molecule has 2 nitrogen and oxygen atoms in total. The third-order valence-corrected chi connectivity index (χ3v) is 18.6. The second kappa shape index (κ2) is 18.1. The van der Waals surface area contributed by atoms with Gasteiger partial charge in [-0.2, -0.15) is 0 Å². The van der Waals surface area contributed by atoms with Gasteiger partial charge in [-0.1, -0.05) is 224 Å². The van der Waals surface area contributed by atoms with Gasteiger partial charge in [0.25, 0.3) is 0 Å². The number of rotatable bonds is 11. The second-order valence-corrected chi connectivity index (χ2v) is 21.5. The fourth-order valence-electron chi connectivity index (χ4n) is 10.5. The van der Waals surface area contributed by atoms with Gasteiger partial charge in [0.2, 0.25) is 0 Å². The average Bonchev–Trinajstić information content (AvgIpc) is 3.78. The van der Waals surface area contributed by atoms with Crippen LogP contribution in [-0.4, -0.2) is 12.6 Å². The minimum atomic E-state index is -2.70. The lowest BCUT2D eigenvalue weighted by atomic mass is 9.99. The highest BCUT2D eigenvalue weighted by Crippen LogP contribution is 2.38. The van der Waals surface area contributed by atoms with Crippen molar-refractivity contribution in [3.05, 3.63) is 291 Å². The van der Waals surface area contributed by atoms with Crippen molar-refractivity contribution in [2.24, 2.45) is 0 Å². The number of aromatic nitrogens is 1. The molecule has 12 aromatic rings. The molecule has 0 amide bonds. The van der Waals surface area contributed by atoms with Crippen LogP contribution >= 0.6 is 0 Å². The van der Waals surface area contributed by atoms with Crippen LogP contribution in [0.2, 0.25) is 0 Å². The Morgan fingerprint density at radius 1 is 0.246 bits per heavy atom. The number of benzene rings is 11. The Morgan fingerprint density at radius 2 is 0.565 bits per heavy atom. The molecule has 0 fully saturated rings. The Morgan fingerprint density at radius 3 is 1.01 bits per heavy atom. The van der Waals surface area contributed by atoms with Crippen LogP contribution in [0, 0.1) is 0 Å². The number of anilines is 3. The molecule has 0 radical (unpaired) electrons. The summed E-state index contributed by atoms with van der Waals surface area (Å²) in [6, 6.07) is 107. The summed E-state index contributed by atoms with van der Waals surface area (Å²) in [4.78, 5) is 2.39. The molecule has 0 saturated heterocycles. The lowest BCUT2D eigenvalue weighted by molar-refractivity contribution is 1.18. The van der Waals surface area contributed by atoms with Gasteiger partial charge in [0.15, 0.2) is 8.07 Å². The van der Waals surface area contributed by atoms with E-state index in [1.807, 2.05) is 0 Å². The van der Waals surface area contributed by atoms with Crippen molar-refractivity contribution in [1.82, 2.24) is 4.57 Å². The van der Waals surface area contributed by atoms with E-state index in [9.17, 15) is 0 Å². The molecule has 11 aromatic carbocycles. The molecular formula is C66H48N2Si. The normalized spacial score (nSPS) is 11.5. The van der Waals surface area contributed by atoms with Gasteiger partial charge in [0.05, 0.1) is 11.0 Å². The fraction of sp³-hybridized carbons (Fsp3) is 0. The maximum absolute atomic E-state index is 2.70. The standard InChI is InChI=1S/C66H48N2Si/c1-5-18-49(19-6-1)53-20-17-21-54(48-53)52-36-40-56(41-37-52)67(57-44-46-62(47-45-57)69(59-22-7-2-8-23-59,60-24-9-3-10-25-60)61-26-11-4-12-27-61)55-38-32-50(33-39-55)51-34-42-58(43-35-51)68-65-30-15-13-28-63(65)64-29-14-16-31-66(64)68/h1-48H. The first-order valence-electron chi connectivity index (χ1n) is 23.7. The Labute approximate surface area is 405 Å². The van der Waals surface area contributed by atoms with Gasteiger partial charge in [0, 0.05) is 33.5 Å². The first-order valence-corrected chi connectivity index (χ1v) is 25.7. The van der Waals surface area contributed by atoms with Gasteiger partial charge in [-0.25, -0.2) is 0 Å². The summed E-state index contributed by atoms with van der Waals surface area (Å²) < 4.78 is 2.37. The second-order valence-electron chi connectivity index (χ2n) is 17.7. The molecule has 326 valence electrons. The van der Waals surface area contributed by atoms with Crippen molar-refractivity contribution in [3.63, 3.8) is 0 Å². The molecule has 0 bridgehead atoms. The van der Waals surface area contributed by atoms with Gasteiger partial charge in [0.1, 0.15) is 0 Å². The van der Waals surface area contributed by atoms with Crippen LogP contribution in [0.5, 0.6) is 0 Å². The van der Waals surface area contributed by atoms with E-state index in [2.05, 4.69) is 301 Å². The molecule has 1 heterocycles. The predicted octanol–water partition coefficient (Wildman–Crippen LogP) is 14.6. The van der Waals surface area contributed by atoms with E-state index >= 15 is 0 Å². The third-order valence-electron chi connectivity index (χ3n) is 13.8. The molecule has 0 spiro atoms. The Balaban J connectivity index is 0.936. The van der Waals surface area contributed by atoms with E-state index in [0.717, 1.165) is 22.7 Å². The number of hydrogen-bond donors (Lipinski definition) is 0. The molecule has 12 rings (SSSR count). The summed E-state index contributed by atoms with van der Waals surface area (Å²) in [5.41, 5.74) is 14.0. The molecule has 3 heteroatoms. The highest BCUT2D eigenvalue weighted by molar-refractivity contribution is 7.19. The van der Waals surface area contributed by atoms with Crippen LogP contribution < -0.4 is 25.6 Å². The van der Waals surface area contributed by atoms with Crippen molar-refractivity contribution < 1.29 is 0 Å².